The fourth-order valence-corrected chi connectivity index (χ4v) is 9.20. The van der Waals surface area contributed by atoms with Gasteiger partial charge in [-0.25, -0.2) is 9.78 Å². The predicted molar refractivity (Wildman–Crippen MR) is 312 cm³/mol. The van der Waals surface area contributed by atoms with Gasteiger partial charge in [-0.05, 0) is 62.3 Å². The van der Waals surface area contributed by atoms with Crippen LogP contribution in [0.4, 0.5) is 0 Å². The number of thiol groups is 1. The number of amides is 9. The van der Waals surface area contributed by atoms with Crippen LogP contribution in [-0.4, -0.2) is 168 Å². The standard InChI is InChI=1S/C54H75N17O12S/c1-26(2)16-38(69-52(81)44(28(4)72)71-50(79)40(18-30-22-62-36-13-8-6-11-33(30)36)67-46(75)34(55)19-31-23-59-25-63-31)47(76)64-27(3)45(74)66-41(20-43(56)73)49(78)68-39(17-29-21-61-35-12-7-5-10-32(29)35)48(77)70-42(24-84)51(80)65-37(53(82)83)14-9-15-60-54(57)58/h5-8,10-13,21-23,25-28,34,37-42,44,61-62,72,84H,9,14-20,24,55H2,1-4H3,(H2,56,73)(H,59,63)(H,64,76)(H,65,80)(H,66,74)(H,67,75)(H,68,78)(H,69,81)(H,70,77)(H,71,79)(H,82,83)(H4,57,58,60)/t27-,28+,34-,37-,38-,39-,40-,41-,42-,44-/m0/s1. The van der Waals surface area contributed by atoms with Crippen molar-refractivity contribution < 1.29 is 58.2 Å². The number of carboxylic acid groups (broad SMARTS) is 1. The van der Waals surface area contributed by atoms with E-state index in [9.17, 15) is 58.2 Å². The number of guanidine groups is 1. The van der Waals surface area contributed by atoms with Gasteiger partial charge in [-0.15, -0.1) is 0 Å². The summed E-state index contributed by atoms with van der Waals surface area (Å²) in [5.41, 5.74) is 25.6. The van der Waals surface area contributed by atoms with Gasteiger partial charge in [0.05, 0.1) is 24.9 Å². The molecule has 84 heavy (non-hydrogen) atoms. The number of primary amides is 1. The average Bonchev–Trinajstić information content (AvgIpc) is 3.83. The lowest BCUT2D eigenvalue weighted by molar-refractivity contribution is -0.142. The quantitative estimate of drug-likeness (QED) is 0.00861. The highest BCUT2D eigenvalue weighted by atomic mass is 32.1. The number of nitrogens with two attached hydrogens (primary N) is 4. The van der Waals surface area contributed by atoms with Crippen LogP contribution in [0.2, 0.25) is 0 Å². The Bertz CT molecular complexity index is 3140. The highest BCUT2D eigenvalue weighted by Crippen LogP contribution is 2.21. The topological polar surface area (TPSA) is 484 Å². The van der Waals surface area contributed by atoms with Crippen LogP contribution in [0.5, 0.6) is 0 Å². The van der Waals surface area contributed by atoms with Crippen LogP contribution in [-0.2, 0) is 67.2 Å². The zero-order chi connectivity index (χ0) is 61.8. The summed E-state index contributed by atoms with van der Waals surface area (Å²) in [7, 11) is 0. The Labute approximate surface area is 488 Å². The molecule has 2 aromatic carbocycles. The first-order valence-corrected chi connectivity index (χ1v) is 27.6. The van der Waals surface area contributed by atoms with Crippen LogP contribution >= 0.6 is 12.6 Å². The van der Waals surface area contributed by atoms with E-state index >= 15 is 0 Å². The molecule has 0 radical (unpaired) electrons. The van der Waals surface area contributed by atoms with Crippen molar-refractivity contribution >= 4 is 99.5 Å². The number of aliphatic hydroxyl groups excluding tert-OH is 1. The van der Waals surface area contributed by atoms with E-state index in [1.807, 2.05) is 18.2 Å². The van der Waals surface area contributed by atoms with Gasteiger partial charge in [-0.3, -0.25) is 48.1 Å². The minimum atomic E-state index is -1.76. The molecule has 0 aliphatic carbocycles. The number of nitrogens with zero attached hydrogens (tertiary/aromatic N) is 2. The third kappa shape index (κ3) is 19.6. The molecule has 0 unspecified atom stereocenters. The molecule has 29 nitrogen and oxygen atoms in total. The van der Waals surface area contributed by atoms with Crippen LogP contribution in [0.25, 0.3) is 21.8 Å². The molecule has 3 heterocycles. The van der Waals surface area contributed by atoms with Crippen molar-refractivity contribution in [2.45, 2.75) is 133 Å². The van der Waals surface area contributed by atoms with Crippen molar-refractivity contribution in [3.05, 3.63) is 90.3 Å². The van der Waals surface area contributed by atoms with Crippen LogP contribution in [0, 0.1) is 5.92 Å². The number of aliphatic imine (C=N–C) groups is 1. The Hall–Kier alpha value is -9.03. The second-order valence-electron chi connectivity index (χ2n) is 20.6. The number of carboxylic acids is 1. The molecule has 454 valence electrons. The number of nitrogens with one attached hydrogen (secondary N) is 11. The summed E-state index contributed by atoms with van der Waals surface area (Å²) in [5.74, 6) is -10.7. The lowest BCUT2D eigenvalue weighted by atomic mass is 10.0. The lowest BCUT2D eigenvalue weighted by Crippen LogP contribution is -2.62. The first-order chi connectivity index (χ1) is 39.8. The van der Waals surface area contributed by atoms with Crippen LogP contribution in [0.1, 0.15) is 70.2 Å². The van der Waals surface area contributed by atoms with E-state index in [4.69, 9.17) is 22.9 Å². The second kappa shape index (κ2) is 31.4. The van der Waals surface area contributed by atoms with Crippen molar-refractivity contribution in [2.24, 2.45) is 33.8 Å². The molecular formula is C54H75N17O12S. The summed E-state index contributed by atoms with van der Waals surface area (Å²) in [5, 5.41) is 42.2. The highest BCUT2D eigenvalue weighted by molar-refractivity contribution is 7.80. The summed E-state index contributed by atoms with van der Waals surface area (Å²) in [6, 6.07) is 1.14. The zero-order valence-corrected chi connectivity index (χ0v) is 47.7. The molecule has 21 N–H and O–H groups in total. The summed E-state index contributed by atoms with van der Waals surface area (Å²) in [6.45, 7) is 6.05. The minimum Gasteiger partial charge on any atom is -0.480 e. The molecule has 0 saturated carbocycles. The normalized spacial score (nSPS) is 14.9. The predicted octanol–water partition coefficient (Wildman–Crippen LogP) is -3.00. The number of carbonyl (C=O) groups excluding carboxylic acids is 9. The summed E-state index contributed by atoms with van der Waals surface area (Å²) < 4.78 is 0. The Morgan fingerprint density at radius 3 is 1.63 bits per heavy atom. The maximum atomic E-state index is 14.2. The zero-order valence-electron chi connectivity index (χ0n) is 46.8. The van der Waals surface area contributed by atoms with Gasteiger partial charge in [0.2, 0.25) is 53.2 Å². The Morgan fingerprint density at radius 2 is 1.11 bits per heavy atom. The molecule has 30 heteroatoms. The second-order valence-corrected chi connectivity index (χ2v) is 21.0. The number of aliphatic carboxylic acids is 1. The number of benzene rings is 2. The smallest absolute Gasteiger partial charge is 0.326 e. The van der Waals surface area contributed by atoms with Gasteiger partial charge in [-0.1, -0.05) is 50.2 Å². The average molecular weight is 1190 g/mol. The van der Waals surface area contributed by atoms with Crippen molar-refractivity contribution in [1.29, 1.82) is 0 Å². The third-order valence-electron chi connectivity index (χ3n) is 13.4. The summed E-state index contributed by atoms with van der Waals surface area (Å²) in [4.78, 5) is 153. The van der Waals surface area contributed by atoms with Crippen LogP contribution in [0.3, 0.4) is 0 Å². The first kappa shape index (κ1) is 65.8. The monoisotopic (exact) mass is 1190 g/mol. The fourth-order valence-electron chi connectivity index (χ4n) is 8.95. The molecular weight excluding hydrogens is 1110 g/mol. The SMILES string of the molecule is CC(C)C[C@H](NC(=O)[C@@H](NC(=O)[C@H](Cc1c[nH]c2ccccc12)NC(=O)[C@@H](N)Cc1cnc[nH]1)[C@@H](C)O)C(=O)N[C@@H](C)C(=O)N[C@@H](CC(N)=O)C(=O)N[C@@H](Cc1c[nH]c2ccccc12)C(=O)N[C@@H](CS)C(=O)N[C@@H](CCCN=C(N)N)C(=O)O. The van der Waals surface area contributed by atoms with E-state index in [0.717, 1.165) is 10.9 Å². The lowest BCUT2D eigenvalue weighted by Gasteiger charge is -2.28. The number of fused-ring (bicyclic) bond motifs is 2. The van der Waals surface area contributed by atoms with E-state index < -0.39 is 126 Å². The maximum Gasteiger partial charge on any atom is 0.326 e. The molecule has 5 rings (SSSR count). The largest absolute Gasteiger partial charge is 0.480 e. The number of para-hydroxylation sites is 2. The molecule has 5 aromatic rings. The van der Waals surface area contributed by atoms with E-state index in [2.05, 4.69) is 80.1 Å². The number of hydrogen-bond donors (Lipinski definition) is 18. The molecule has 0 aliphatic heterocycles. The van der Waals surface area contributed by atoms with Crippen LogP contribution in [0.15, 0.2) is 78.4 Å². The maximum absolute atomic E-state index is 14.2. The highest BCUT2D eigenvalue weighted by Gasteiger charge is 2.36. The fraction of sp³-hybridized carbons (Fsp3) is 0.444. The van der Waals surface area contributed by atoms with Gasteiger partial charge >= 0.3 is 5.97 Å². The Balaban J connectivity index is 1.29. The van der Waals surface area contributed by atoms with Gasteiger partial charge in [0.25, 0.3) is 0 Å². The third-order valence-corrected chi connectivity index (χ3v) is 13.7. The van der Waals surface area contributed by atoms with Crippen molar-refractivity contribution in [3.63, 3.8) is 0 Å². The van der Waals surface area contributed by atoms with Gasteiger partial charge < -0.3 is 90.6 Å². The molecule has 0 aliphatic rings. The van der Waals surface area contributed by atoms with Gasteiger partial charge in [0.1, 0.15) is 48.3 Å². The van der Waals surface area contributed by atoms with Gasteiger partial charge in [-0.2, -0.15) is 12.6 Å². The van der Waals surface area contributed by atoms with Crippen LogP contribution < -0.4 is 65.5 Å². The minimum absolute atomic E-state index is 0.0248. The van der Waals surface area contributed by atoms with E-state index in [1.165, 1.54) is 26.4 Å². The molecule has 0 bridgehead atoms. The van der Waals surface area contributed by atoms with Crippen molar-refractivity contribution in [3.8, 4) is 0 Å². The van der Waals surface area contributed by atoms with E-state index in [1.54, 1.807) is 56.6 Å². The molecule has 3 aromatic heterocycles. The molecule has 0 spiro atoms. The number of rotatable bonds is 33. The molecule has 10 atom stereocenters. The first-order valence-electron chi connectivity index (χ1n) is 27.0. The Morgan fingerprint density at radius 1 is 0.607 bits per heavy atom. The summed E-state index contributed by atoms with van der Waals surface area (Å²) in [6.07, 6.45) is 3.65. The molecule has 0 saturated heterocycles. The van der Waals surface area contributed by atoms with E-state index in [0.29, 0.717) is 27.7 Å². The Kier molecular flexibility index (Phi) is 24.6. The molecule has 9 amide bonds. The number of aromatic amines is 3. The number of hydrogen-bond acceptors (Lipinski definition) is 15. The van der Waals surface area contributed by atoms with Crippen molar-refractivity contribution in [2.75, 3.05) is 12.3 Å². The number of aromatic nitrogens is 4. The number of carbonyl (C=O) groups is 10. The van der Waals surface area contributed by atoms with Gasteiger partial charge in [0.15, 0.2) is 5.96 Å². The van der Waals surface area contributed by atoms with Gasteiger partial charge in [0, 0.05) is 77.7 Å². The number of H-pyrrole nitrogens is 3. The number of imidazole rings is 1. The number of aliphatic hydroxyl groups is 1. The summed E-state index contributed by atoms with van der Waals surface area (Å²) >= 11 is 4.21. The van der Waals surface area contributed by atoms with E-state index in [-0.39, 0.29) is 62.7 Å². The molecule has 0 fully saturated rings. The van der Waals surface area contributed by atoms with Crippen molar-refractivity contribution in [1.82, 2.24) is 62.5 Å².